The van der Waals surface area contributed by atoms with Gasteiger partial charge in [-0.3, -0.25) is 4.79 Å². The Balaban J connectivity index is 1.51. The van der Waals surface area contributed by atoms with E-state index >= 15 is 0 Å². The number of methoxy groups -OCH3 is 1. The number of Topliss-reactive ketones (excluding diaryl/α,β-unsaturated/α-hetero) is 1. The van der Waals surface area contributed by atoms with E-state index in [1.54, 1.807) is 7.11 Å². The Morgan fingerprint density at radius 2 is 1.88 bits per heavy atom. The van der Waals surface area contributed by atoms with Crippen LogP contribution in [0.3, 0.4) is 0 Å². The van der Waals surface area contributed by atoms with E-state index in [9.17, 15) is 4.79 Å². The van der Waals surface area contributed by atoms with E-state index in [1.807, 2.05) is 43.3 Å². The van der Waals surface area contributed by atoms with Gasteiger partial charge in [0, 0.05) is 19.3 Å². The fourth-order valence-corrected chi connectivity index (χ4v) is 3.40. The molecule has 0 fully saturated rings. The number of ether oxygens (including phenoxy) is 1. The normalized spacial score (nSPS) is 10.8. The largest absolute Gasteiger partial charge is 0.497 e. The molecule has 3 rings (SSSR count). The van der Waals surface area contributed by atoms with Crippen molar-refractivity contribution < 1.29 is 13.9 Å². The molecule has 0 amide bonds. The molecule has 25 heavy (non-hydrogen) atoms. The van der Waals surface area contributed by atoms with E-state index < -0.39 is 0 Å². The molecule has 5 nitrogen and oxygen atoms in total. The summed E-state index contributed by atoms with van der Waals surface area (Å²) in [7, 11) is 1.65. The minimum Gasteiger partial charge on any atom is -0.497 e. The molecule has 1 aromatic carbocycles. The standard InChI is InChI=1S/C19H20N2O3S/c1-13-3-7-17(24-13)10-6-15(22)12-19-21-20-18(25-19)11-14-4-8-16(23-2)9-5-14/h3-5,7-9H,6,10-12H2,1-2H3. The van der Waals surface area contributed by atoms with Gasteiger partial charge in [-0.25, -0.2) is 0 Å². The van der Waals surface area contributed by atoms with Gasteiger partial charge in [0.05, 0.1) is 13.5 Å². The van der Waals surface area contributed by atoms with Crippen LogP contribution in [0.15, 0.2) is 40.8 Å². The molecule has 0 aliphatic rings. The van der Waals surface area contributed by atoms with Gasteiger partial charge in [-0.05, 0) is 36.8 Å². The number of rotatable bonds is 8. The van der Waals surface area contributed by atoms with E-state index in [1.165, 1.54) is 11.3 Å². The molecule has 0 bridgehead atoms. The molecular weight excluding hydrogens is 336 g/mol. The van der Waals surface area contributed by atoms with Crippen LogP contribution in [-0.4, -0.2) is 23.1 Å². The number of benzene rings is 1. The third-order valence-electron chi connectivity index (χ3n) is 3.82. The minimum absolute atomic E-state index is 0.154. The van der Waals surface area contributed by atoms with Crippen molar-refractivity contribution in [2.75, 3.05) is 7.11 Å². The lowest BCUT2D eigenvalue weighted by molar-refractivity contribution is -0.118. The van der Waals surface area contributed by atoms with Crippen molar-refractivity contribution in [3.05, 3.63) is 63.5 Å². The van der Waals surface area contributed by atoms with Crippen molar-refractivity contribution in [2.24, 2.45) is 0 Å². The van der Waals surface area contributed by atoms with E-state index in [4.69, 9.17) is 9.15 Å². The molecule has 3 aromatic rings. The van der Waals surface area contributed by atoms with Gasteiger partial charge >= 0.3 is 0 Å². The van der Waals surface area contributed by atoms with Crippen LogP contribution in [-0.2, 0) is 24.1 Å². The number of aromatic nitrogens is 2. The third kappa shape index (κ3) is 5.00. The highest BCUT2D eigenvalue weighted by Crippen LogP contribution is 2.18. The van der Waals surface area contributed by atoms with E-state index in [0.29, 0.717) is 25.7 Å². The lowest BCUT2D eigenvalue weighted by Crippen LogP contribution is -2.03. The first-order valence-electron chi connectivity index (χ1n) is 8.13. The number of carbonyl (C=O) groups is 1. The Bertz CT molecular complexity index is 836. The Labute approximate surface area is 150 Å². The zero-order valence-corrected chi connectivity index (χ0v) is 15.1. The fourth-order valence-electron chi connectivity index (χ4n) is 2.49. The quantitative estimate of drug-likeness (QED) is 0.614. The smallest absolute Gasteiger partial charge is 0.140 e. The molecule has 130 valence electrons. The molecule has 2 aromatic heterocycles. The summed E-state index contributed by atoms with van der Waals surface area (Å²) < 4.78 is 10.6. The molecule has 0 radical (unpaired) electrons. The molecule has 6 heteroatoms. The second kappa shape index (κ2) is 8.07. The lowest BCUT2D eigenvalue weighted by Gasteiger charge is -2.00. The first-order valence-corrected chi connectivity index (χ1v) is 8.95. The SMILES string of the molecule is COc1ccc(Cc2nnc(CC(=O)CCc3ccc(C)o3)s2)cc1. The van der Waals surface area contributed by atoms with Crippen molar-refractivity contribution in [3.63, 3.8) is 0 Å². The maximum absolute atomic E-state index is 12.1. The van der Waals surface area contributed by atoms with Crippen LogP contribution in [0.5, 0.6) is 5.75 Å². The van der Waals surface area contributed by atoms with Gasteiger partial charge < -0.3 is 9.15 Å². The fraction of sp³-hybridized carbons (Fsp3) is 0.316. The first-order chi connectivity index (χ1) is 12.1. The summed E-state index contributed by atoms with van der Waals surface area (Å²) >= 11 is 1.49. The Morgan fingerprint density at radius 1 is 1.12 bits per heavy atom. The van der Waals surface area contributed by atoms with Crippen LogP contribution in [0, 0.1) is 6.92 Å². The minimum atomic E-state index is 0.154. The Kier molecular flexibility index (Phi) is 5.60. The maximum Gasteiger partial charge on any atom is 0.140 e. The number of furan rings is 1. The highest BCUT2D eigenvalue weighted by molar-refractivity contribution is 7.11. The van der Waals surface area contributed by atoms with Crippen molar-refractivity contribution in [1.29, 1.82) is 0 Å². The van der Waals surface area contributed by atoms with Crippen molar-refractivity contribution in [1.82, 2.24) is 10.2 Å². The molecule has 0 spiro atoms. The van der Waals surface area contributed by atoms with Crippen LogP contribution < -0.4 is 4.74 Å². The van der Waals surface area contributed by atoms with Crippen molar-refractivity contribution in [3.8, 4) is 5.75 Å². The predicted octanol–water partition coefficient (Wildman–Crippen LogP) is 3.78. The van der Waals surface area contributed by atoms with E-state index in [-0.39, 0.29) is 5.78 Å². The number of hydrogen-bond acceptors (Lipinski definition) is 6. The van der Waals surface area contributed by atoms with Gasteiger partial charge in [0.15, 0.2) is 0 Å². The third-order valence-corrected chi connectivity index (χ3v) is 4.74. The van der Waals surface area contributed by atoms with Crippen molar-refractivity contribution in [2.45, 2.75) is 32.6 Å². The number of carbonyl (C=O) groups excluding carboxylic acids is 1. The summed E-state index contributed by atoms with van der Waals surface area (Å²) in [5, 5.41) is 10.0. The maximum atomic E-state index is 12.1. The van der Waals surface area contributed by atoms with E-state index in [2.05, 4.69) is 10.2 Å². The first kappa shape index (κ1) is 17.4. The van der Waals surface area contributed by atoms with Gasteiger partial charge in [-0.1, -0.05) is 12.1 Å². The van der Waals surface area contributed by atoms with Gasteiger partial charge in [0.1, 0.15) is 33.1 Å². The highest BCUT2D eigenvalue weighted by atomic mass is 32.1. The predicted molar refractivity (Wildman–Crippen MR) is 96.2 cm³/mol. The summed E-state index contributed by atoms with van der Waals surface area (Å²) in [5.41, 5.74) is 1.14. The molecule has 0 saturated carbocycles. The average molecular weight is 356 g/mol. The van der Waals surface area contributed by atoms with Gasteiger partial charge in [-0.2, -0.15) is 0 Å². The zero-order valence-electron chi connectivity index (χ0n) is 14.3. The molecule has 0 aliphatic carbocycles. The van der Waals surface area contributed by atoms with Crippen molar-refractivity contribution >= 4 is 17.1 Å². The van der Waals surface area contributed by atoms with Gasteiger partial charge in [0.25, 0.3) is 0 Å². The van der Waals surface area contributed by atoms with Crippen LogP contribution in [0.4, 0.5) is 0 Å². The van der Waals surface area contributed by atoms with E-state index in [0.717, 1.165) is 32.8 Å². The Morgan fingerprint density at radius 3 is 2.56 bits per heavy atom. The van der Waals surface area contributed by atoms with Crippen LogP contribution >= 0.6 is 11.3 Å². The Hall–Kier alpha value is -2.47. The second-order valence-electron chi connectivity index (χ2n) is 5.84. The molecule has 0 unspecified atom stereocenters. The van der Waals surface area contributed by atoms with Crippen LogP contribution in [0.25, 0.3) is 0 Å². The number of nitrogens with zero attached hydrogens (tertiary/aromatic N) is 2. The number of aryl methyl sites for hydroxylation is 2. The number of hydrogen-bond donors (Lipinski definition) is 0. The molecule has 0 N–H and O–H groups in total. The monoisotopic (exact) mass is 356 g/mol. The lowest BCUT2D eigenvalue weighted by atomic mass is 10.1. The van der Waals surface area contributed by atoms with Crippen LogP contribution in [0.2, 0.25) is 0 Å². The molecule has 0 atom stereocenters. The molecule has 0 aliphatic heterocycles. The summed E-state index contributed by atoms with van der Waals surface area (Å²) in [4.78, 5) is 12.1. The van der Waals surface area contributed by atoms with Crippen LogP contribution in [0.1, 0.15) is 33.5 Å². The average Bonchev–Trinajstić information content (AvgIpc) is 3.22. The topological polar surface area (TPSA) is 65.2 Å². The summed E-state index contributed by atoms with van der Waals surface area (Å²) in [6.07, 6.45) is 2.13. The summed E-state index contributed by atoms with van der Waals surface area (Å²) in [5.74, 6) is 2.71. The zero-order chi connectivity index (χ0) is 17.6. The van der Waals surface area contributed by atoms with Gasteiger partial charge in [-0.15, -0.1) is 21.5 Å². The molecular formula is C19H20N2O3S. The molecule has 0 saturated heterocycles. The summed E-state index contributed by atoms with van der Waals surface area (Å²) in [6, 6.07) is 11.7. The van der Waals surface area contributed by atoms with Gasteiger partial charge in [0.2, 0.25) is 0 Å². The summed E-state index contributed by atoms with van der Waals surface area (Å²) in [6.45, 7) is 1.90. The second-order valence-corrected chi connectivity index (χ2v) is 6.99. The number of ketones is 1. The highest BCUT2D eigenvalue weighted by Gasteiger charge is 2.11. The molecule has 2 heterocycles.